The Morgan fingerprint density at radius 2 is 2.21 bits per heavy atom. The number of rotatable bonds is 5. The Bertz CT molecular complexity index is 1250. The van der Waals surface area contributed by atoms with Crippen LogP contribution in [0.15, 0.2) is 17.2 Å². The van der Waals surface area contributed by atoms with Crippen LogP contribution < -0.4 is 14.8 Å². The third-order valence-electron chi connectivity index (χ3n) is 7.57. The Balaban J connectivity index is 1.27. The van der Waals surface area contributed by atoms with E-state index in [1.807, 2.05) is 0 Å². The van der Waals surface area contributed by atoms with Gasteiger partial charge in [0.15, 0.2) is 9.92 Å². The number of hydrogen-bond acceptors (Lipinski definition) is 6. The van der Waals surface area contributed by atoms with Crippen LogP contribution >= 0.6 is 0 Å². The van der Waals surface area contributed by atoms with E-state index in [1.54, 1.807) is 11.8 Å². The lowest BCUT2D eigenvalue weighted by molar-refractivity contribution is 0.144. The van der Waals surface area contributed by atoms with Crippen LogP contribution in [0.25, 0.3) is 0 Å². The van der Waals surface area contributed by atoms with E-state index in [0.29, 0.717) is 25.6 Å². The monoisotopic (exact) mass is 471 g/mol. The Labute approximate surface area is 193 Å². The number of amides is 2. The molecule has 4 aliphatic rings. The van der Waals surface area contributed by atoms with Gasteiger partial charge in [0, 0.05) is 24.1 Å². The first-order valence-electron chi connectivity index (χ1n) is 11.6. The first kappa shape index (κ1) is 21.0. The minimum absolute atomic E-state index is 0.119. The lowest BCUT2D eigenvalue weighted by Crippen LogP contribution is -2.35. The van der Waals surface area contributed by atoms with Crippen LogP contribution in [0.1, 0.15) is 53.9 Å². The molecule has 2 atom stereocenters. The number of carbonyl (C=O) groups excluding carboxylic acids is 1. The number of ether oxygens (including phenoxy) is 2. The first-order chi connectivity index (χ1) is 15.9. The predicted octanol–water partition coefficient (Wildman–Crippen LogP) is 3.36. The maximum absolute atomic E-state index is 13.3. The van der Waals surface area contributed by atoms with Gasteiger partial charge in [0.25, 0.3) is 0 Å². The molecule has 2 aromatic rings. The zero-order chi connectivity index (χ0) is 22.8. The largest absolute Gasteiger partial charge is 0.476 e. The number of nitrogens with zero attached hydrogens (tertiary/aromatic N) is 2. The van der Waals surface area contributed by atoms with Crippen LogP contribution in [0.3, 0.4) is 0 Å². The molecule has 2 heterocycles. The molecule has 1 fully saturated rings. The molecular formula is C23H29N5O4S. The van der Waals surface area contributed by atoms with E-state index in [1.165, 1.54) is 17.3 Å². The molecule has 6 rings (SSSR count). The molecule has 33 heavy (non-hydrogen) atoms. The summed E-state index contributed by atoms with van der Waals surface area (Å²) in [5, 5.41) is 7.26. The summed E-state index contributed by atoms with van der Waals surface area (Å²) in [4.78, 5) is 13.2. The molecular weight excluding hydrogens is 442 g/mol. The van der Waals surface area contributed by atoms with Gasteiger partial charge in [0.05, 0.1) is 26.0 Å². The maximum Gasteiger partial charge on any atom is 0.331 e. The average molecular weight is 472 g/mol. The Morgan fingerprint density at radius 3 is 3.00 bits per heavy atom. The molecule has 1 unspecified atom stereocenters. The molecule has 9 nitrogen and oxygen atoms in total. The average Bonchev–Trinajstić information content (AvgIpc) is 3.15. The van der Waals surface area contributed by atoms with Gasteiger partial charge in [-0.3, -0.25) is 0 Å². The minimum Gasteiger partial charge on any atom is -0.476 e. The third kappa shape index (κ3) is 3.50. The second-order valence-corrected chi connectivity index (χ2v) is 11.6. The van der Waals surface area contributed by atoms with E-state index in [2.05, 4.69) is 21.2 Å². The van der Waals surface area contributed by atoms with Crippen LogP contribution in [0, 0.1) is 10.2 Å². The molecule has 3 aliphatic carbocycles. The van der Waals surface area contributed by atoms with Crippen molar-refractivity contribution in [2.45, 2.75) is 62.3 Å². The van der Waals surface area contributed by atoms with Gasteiger partial charge in [-0.05, 0) is 67.2 Å². The van der Waals surface area contributed by atoms with Gasteiger partial charge in [0.2, 0.25) is 5.88 Å². The van der Waals surface area contributed by atoms with Crippen molar-refractivity contribution in [3.05, 3.63) is 34.5 Å². The van der Waals surface area contributed by atoms with Crippen molar-refractivity contribution in [2.75, 3.05) is 25.6 Å². The van der Waals surface area contributed by atoms with Gasteiger partial charge in [-0.25, -0.2) is 23.2 Å². The van der Waals surface area contributed by atoms with Crippen molar-refractivity contribution in [3.8, 4) is 5.88 Å². The van der Waals surface area contributed by atoms with E-state index in [0.717, 1.165) is 61.8 Å². The van der Waals surface area contributed by atoms with Gasteiger partial charge in [-0.2, -0.15) is 5.10 Å². The highest BCUT2D eigenvalue weighted by molar-refractivity contribution is 7.91. The lowest BCUT2D eigenvalue weighted by atomic mass is 9.94. The van der Waals surface area contributed by atoms with Crippen LogP contribution in [0.4, 0.5) is 10.5 Å². The number of fused-ring (bicyclic) bond motifs is 3. The standard InChI is InChI=1S/C23H29N5O4S/c1-31-11-16-6-5-15-9-14-3-2-4-17(14)20(19(15)16)26-22(29)27-33(24,30)18-10-25-28-12-23(7-8-23)13-32-21(18)28/h9-10,16H,2-8,11-13H2,1H3,(H3,24,26,27,29,30)/t16-,33?/m1/s1. The van der Waals surface area contributed by atoms with Gasteiger partial charge in [-0.1, -0.05) is 6.07 Å². The second-order valence-electron chi connectivity index (χ2n) is 9.88. The Morgan fingerprint density at radius 1 is 1.36 bits per heavy atom. The third-order valence-corrected chi connectivity index (χ3v) is 8.94. The minimum atomic E-state index is -3.64. The molecule has 1 aromatic heterocycles. The summed E-state index contributed by atoms with van der Waals surface area (Å²) in [6.07, 6.45) is 8.48. The quantitative estimate of drug-likeness (QED) is 0.618. The SMILES string of the molecule is COC[C@H]1CCc2cc3c(c(NC(=O)NS(=N)(=O)c4cnn5c4OCC4(CC4)C5)c21)CCC3. The molecule has 2 amide bonds. The molecule has 1 saturated carbocycles. The number of methoxy groups -OCH3 is 1. The molecule has 1 spiro atoms. The van der Waals surface area contributed by atoms with Gasteiger partial charge >= 0.3 is 6.03 Å². The summed E-state index contributed by atoms with van der Waals surface area (Å²) < 4.78 is 37.1. The van der Waals surface area contributed by atoms with Crippen LogP contribution in [-0.2, 0) is 40.5 Å². The number of anilines is 1. The molecule has 0 saturated heterocycles. The number of aryl methyl sites for hydroxylation is 2. The number of carbonyl (C=O) groups is 1. The first-order valence-corrected chi connectivity index (χ1v) is 13.2. The number of nitrogens with one attached hydrogen (secondary N) is 3. The molecule has 0 bridgehead atoms. The molecule has 3 N–H and O–H groups in total. The van der Waals surface area contributed by atoms with E-state index < -0.39 is 15.9 Å². The number of hydrogen-bond donors (Lipinski definition) is 3. The van der Waals surface area contributed by atoms with E-state index >= 15 is 0 Å². The van der Waals surface area contributed by atoms with Crippen molar-refractivity contribution in [1.29, 1.82) is 4.78 Å². The van der Waals surface area contributed by atoms with Crippen LogP contribution in [0.2, 0.25) is 0 Å². The zero-order valence-corrected chi connectivity index (χ0v) is 19.6. The Kier molecular flexibility index (Phi) is 4.74. The lowest BCUT2D eigenvalue weighted by Gasteiger charge is -2.24. The van der Waals surface area contributed by atoms with Crippen molar-refractivity contribution < 1.29 is 18.5 Å². The summed E-state index contributed by atoms with van der Waals surface area (Å²) in [5.74, 6) is 0.548. The molecule has 176 valence electrons. The normalized spacial score (nSPS) is 23.2. The van der Waals surface area contributed by atoms with E-state index in [-0.39, 0.29) is 16.2 Å². The highest BCUT2D eigenvalue weighted by atomic mass is 32.2. The summed E-state index contributed by atoms with van der Waals surface area (Å²) in [5.41, 5.74) is 5.77. The Hall–Kier alpha value is -2.59. The highest BCUT2D eigenvalue weighted by Gasteiger charge is 2.48. The number of aromatic nitrogens is 2. The fourth-order valence-electron chi connectivity index (χ4n) is 5.68. The maximum atomic E-state index is 13.3. The van der Waals surface area contributed by atoms with Crippen LogP contribution in [0.5, 0.6) is 5.88 Å². The number of benzene rings is 1. The topological polar surface area (TPSA) is 118 Å². The van der Waals surface area contributed by atoms with Crippen molar-refractivity contribution in [1.82, 2.24) is 14.5 Å². The van der Waals surface area contributed by atoms with Crippen LogP contribution in [-0.4, -0.2) is 40.3 Å². The molecule has 10 heteroatoms. The van der Waals surface area contributed by atoms with E-state index in [9.17, 15) is 9.00 Å². The fourth-order valence-corrected chi connectivity index (χ4v) is 6.71. The van der Waals surface area contributed by atoms with Gasteiger partial charge < -0.3 is 14.8 Å². The molecule has 0 radical (unpaired) electrons. The highest BCUT2D eigenvalue weighted by Crippen LogP contribution is 2.50. The van der Waals surface area contributed by atoms with Gasteiger partial charge in [-0.15, -0.1) is 0 Å². The fraction of sp³-hybridized carbons (Fsp3) is 0.565. The van der Waals surface area contributed by atoms with Crippen molar-refractivity contribution in [2.24, 2.45) is 5.41 Å². The van der Waals surface area contributed by atoms with Crippen molar-refractivity contribution >= 4 is 21.6 Å². The molecule has 1 aromatic carbocycles. The summed E-state index contributed by atoms with van der Waals surface area (Å²) >= 11 is 0. The smallest absolute Gasteiger partial charge is 0.331 e. The summed E-state index contributed by atoms with van der Waals surface area (Å²) in [6.45, 7) is 1.84. The number of urea groups is 1. The second kappa shape index (κ2) is 7.46. The summed E-state index contributed by atoms with van der Waals surface area (Å²) in [6, 6.07) is 1.64. The predicted molar refractivity (Wildman–Crippen MR) is 122 cm³/mol. The van der Waals surface area contributed by atoms with E-state index in [4.69, 9.17) is 14.3 Å². The van der Waals surface area contributed by atoms with Crippen molar-refractivity contribution in [3.63, 3.8) is 0 Å². The molecule has 1 aliphatic heterocycles. The zero-order valence-electron chi connectivity index (χ0n) is 18.7. The summed E-state index contributed by atoms with van der Waals surface area (Å²) in [7, 11) is -1.95. The van der Waals surface area contributed by atoms with Gasteiger partial charge in [0.1, 0.15) is 4.90 Å².